The Balaban J connectivity index is 2.16. The number of hydrogen-bond acceptors (Lipinski definition) is 2. The summed E-state index contributed by atoms with van der Waals surface area (Å²) in [5.41, 5.74) is 6.01. The Morgan fingerprint density at radius 1 is 1.33 bits per heavy atom. The Morgan fingerprint density at radius 2 is 2.10 bits per heavy atom. The molecule has 2 N–H and O–H groups in total. The molecule has 1 unspecified atom stereocenters. The van der Waals surface area contributed by atoms with Crippen LogP contribution in [-0.2, 0) is 19.1 Å². The molecule has 0 aliphatic rings. The van der Waals surface area contributed by atoms with Gasteiger partial charge in [-0.3, -0.25) is 0 Å². The fourth-order valence-electron chi connectivity index (χ4n) is 2.30. The number of nitrogens with zero attached hydrogens (tertiary/aromatic N) is 2. The lowest BCUT2D eigenvalue weighted by Gasteiger charge is -2.15. The van der Waals surface area contributed by atoms with Crippen molar-refractivity contribution in [1.82, 2.24) is 9.55 Å². The summed E-state index contributed by atoms with van der Waals surface area (Å²) in [5, 5.41) is 0. The maximum Gasteiger partial charge on any atom is 0.416 e. The van der Waals surface area contributed by atoms with Crippen molar-refractivity contribution in [1.29, 1.82) is 0 Å². The maximum absolute atomic E-state index is 12.7. The predicted molar refractivity (Wildman–Crippen MR) is 74.6 cm³/mol. The Morgan fingerprint density at radius 3 is 2.76 bits per heavy atom. The summed E-state index contributed by atoms with van der Waals surface area (Å²) in [6.45, 7) is 2.84. The Kier molecular flexibility index (Phi) is 4.67. The Bertz CT molecular complexity index is 590. The quantitative estimate of drug-likeness (QED) is 0.917. The van der Waals surface area contributed by atoms with Crippen molar-refractivity contribution in [3.63, 3.8) is 0 Å². The zero-order chi connectivity index (χ0) is 15.5. The van der Waals surface area contributed by atoms with Gasteiger partial charge in [-0.2, -0.15) is 13.2 Å². The van der Waals surface area contributed by atoms with Gasteiger partial charge in [-0.05, 0) is 24.5 Å². The van der Waals surface area contributed by atoms with Gasteiger partial charge in [0.2, 0.25) is 0 Å². The fraction of sp³-hybridized carbons (Fsp3) is 0.400. The average Bonchev–Trinajstić information content (AvgIpc) is 2.87. The van der Waals surface area contributed by atoms with Crippen LogP contribution >= 0.6 is 0 Å². The Labute approximate surface area is 121 Å². The van der Waals surface area contributed by atoms with E-state index in [2.05, 4.69) is 4.98 Å². The van der Waals surface area contributed by atoms with Crippen LogP contribution in [0.2, 0.25) is 0 Å². The molecule has 6 heteroatoms. The molecule has 2 rings (SSSR count). The molecule has 0 fully saturated rings. The van der Waals surface area contributed by atoms with Crippen LogP contribution in [0.4, 0.5) is 13.2 Å². The zero-order valence-electron chi connectivity index (χ0n) is 11.8. The first-order valence-electron chi connectivity index (χ1n) is 6.84. The van der Waals surface area contributed by atoms with Gasteiger partial charge in [0.25, 0.3) is 0 Å². The third-order valence-corrected chi connectivity index (χ3v) is 3.25. The van der Waals surface area contributed by atoms with E-state index in [1.165, 1.54) is 6.07 Å². The van der Waals surface area contributed by atoms with Crippen LogP contribution in [-0.4, -0.2) is 9.55 Å². The summed E-state index contributed by atoms with van der Waals surface area (Å²) < 4.78 is 40.0. The van der Waals surface area contributed by atoms with Crippen LogP contribution in [0.5, 0.6) is 0 Å². The first-order chi connectivity index (χ1) is 9.91. The van der Waals surface area contributed by atoms with E-state index in [0.29, 0.717) is 17.8 Å². The SMILES string of the molecule is CCCn1ccnc1C(N)Cc1cccc(C(F)(F)F)c1. The van der Waals surface area contributed by atoms with E-state index in [4.69, 9.17) is 5.73 Å². The van der Waals surface area contributed by atoms with E-state index < -0.39 is 17.8 Å². The molecule has 114 valence electrons. The molecule has 2 aromatic rings. The summed E-state index contributed by atoms with van der Waals surface area (Å²) in [6.07, 6.45) is 0.437. The normalized spacial score (nSPS) is 13.4. The number of rotatable bonds is 5. The van der Waals surface area contributed by atoms with Crippen LogP contribution in [0, 0.1) is 0 Å². The van der Waals surface area contributed by atoms with Gasteiger partial charge in [-0.1, -0.05) is 25.1 Å². The van der Waals surface area contributed by atoms with E-state index in [1.807, 2.05) is 17.7 Å². The molecule has 1 aromatic heterocycles. The number of imidazole rings is 1. The third-order valence-electron chi connectivity index (χ3n) is 3.25. The molecule has 0 spiro atoms. The second kappa shape index (κ2) is 6.30. The van der Waals surface area contributed by atoms with Crippen molar-refractivity contribution in [2.45, 2.75) is 38.5 Å². The number of aromatic nitrogens is 2. The Hall–Kier alpha value is -1.82. The standard InChI is InChI=1S/C15H18F3N3/c1-2-7-21-8-6-20-14(21)13(19)10-11-4-3-5-12(9-11)15(16,17)18/h3-6,8-9,13H,2,7,10,19H2,1H3. The minimum Gasteiger partial charge on any atom is -0.334 e. The summed E-state index contributed by atoms with van der Waals surface area (Å²) in [6, 6.07) is 4.85. The fourth-order valence-corrected chi connectivity index (χ4v) is 2.30. The van der Waals surface area contributed by atoms with E-state index in [1.54, 1.807) is 12.3 Å². The van der Waals surface area contributed by atoms with Crippen LogP contribution < -0.4 is 5.73 Å². The number of hydrogen-bond donors (Lipinski definition) is 1. The van der Waals surface area contributed by atoms with E-state index in [9.17, 15) is 13.2 Å². The average molecular weight is 297 g/mol. The monoisotopic (exact) mass is 297 g/mol. The van der Waals surface area contributed by atoms with E-state index in [0.717, 1.165) is 25.1 Å². The van der Waals surface area contributed by atoms with Crippen LogP contribution in [0.25, 0.3) is 0 Å². The molecular formula is C15H18F3N3. The molecular weight excluding hydrogens is 279 g/mol. The number of nitrogens with two attached hydrogens (primary N) is 1. The second-order valence-electron chi connectivity index (χ2n) is 4.99. The molecule has 0 aliphatic heterocycles. The van der Waals surface area contributed by atoms with Gasteiger partial charge in [-0.15, -0.1) is 0 Å². The maximum atomic E-state index is 12.7. The zero-order valence-corrected chi connectivity index (χ0v) is 11.8. The van der Waals surface area contributed by atoms with Crippen molar-refractivity contribution in [3.8, 4) is 0 Å². The van der Waals surface area contributed by atoms with Crippen LogP contribution in [0.1, 0.15) is 36.3 Å². The van der Waals surface area contributed by atoms with Crippen molar-refractivity contribution in [3.05, 3.63) is 53.6 Å². The smallest absolute Gasteiger partial charge is 0.334 e. The van der Waals surface area contributed by atoms with Gasteiger partial charge in [0.05, 0.1) is 11.6 Å². The molecule has 1 aromatic carbocycles. The summed E-state index contributed by atoms with van der Waals surface area (Å²) in [7, 11) is 0. The van der Waals surface area contributed by atoms with E-state index >= 15 is 0 Å². The van der Waals surface area contributed by atoms with Crippen molar-refractivity contribution >= 4 is 0 Å². The van der Waals surface area contributed by atoms with Gasteiger partial charge in [0.15, 0.2) is 0 Å². The van der Waals surface area contributed by atoms with Gasteiger partial charge in [0, 0.05) is 18.9 Å². The summed E-state index contributed by atoms with van der Waals surface area (Å²) >= 11 is 0. The highest BCUT2D eigenvalue weighted by atomic mass is 19.4. The molecule has 1 heterocycles. The van der Waals surface area contributed by atoms with Crippen molar-refractivity contribution < 1.29 is 13.2 Å². The molecule has 0 saturated carbocycles. The lowest BCUT2D eigenvalue weighted by atomic mass is 10.0. The molecule has 1 atom stereocenters. The summed E-state index contributed by atoms with van der Waals surface area (Å²) in [4.78, 5) is 4.22. The van der Waals surface area contributed by atoms with Gasteiger partial charge in [0.1, 0.15) is 5.82 Å². The number of alkyl halides is 3. The number of benzene rings is 1. The molecule has 0 saturated heterocycles. The van der Waals surface area contributed by atoms with Crippen LogP contribution in [0.15, 0.2) is 36.7 Å². The van der Waals surface area contributed by atoms with Gasteiger partial charge < -0.3 is 10.3 Å². The highest BCUT2D eigenvalue weighted by Gasteiger charge is 2.30. The van der Waals surface area contributed by atoms with Crippen molar-refractivity contribution in [2.75, 3.05) is 0 Å². The second-order valence-corrected chi connectivity index (χ2v) is 4.99. The topological polar surface area (TPSA) is 43.8 Å². The molecule has 0 radical (unpaired) electrons. The lowest BCUT2D eigenvalue weighted by Crippen LogP contribution is -2.19. The molecule has 21 heavy (non-hydrogen) atoms. The van der Waals surface area contributed by atoms with E-state index in [-0.39, 0.29) is 0 Å². The lowest BCUT2D eigenvalue weighted by molar-refractivity contribution is -0.137. The largest absolute Gasteiger partial charge is 0.416 e. The van der Waals surface area contributed by atoms with Crippen molar-refractivity contribution in [2.24, 2.45) is 5.73 Å². The minimum absolute atomic E-state index is 0.324. The van der Waals surface area contributed by atoms with Gasteiger partial charge >= 0.3 is 6.18 Å². The first-order valence-corrected chi connectivity index (χ1v) is 6.84. The third kappa shape index (κ3) is 3.85. The number of halogens is 3. The first kappa shape index (κ1) is 15.6. The van der Waals surface area contributed by atoms with Crippen LogP contribution in [0.3, 0.4) is 0 Å². The van der Waals surface area contributed by atoms with Gasteiger partial charge in [-0.25, -0.2) is 4.98 Å². The summed E-state index contributed by atoms with van der Waals surface area (Å²) in [5.74, 6) is 0.703. The molecule has 3 nitrogen and oxygen atoms in total. The number of aryl methyl sites for hydroxylation is 1. The molecule has 0 amide bonds. The predicted octanol–water partition coefficient (Wildman–Crippen LogP) is 3.55. The minimum atomic E-state index is -4.33. The highest BCUT2D eigenvalue weighted by molar-refractivity contribution is 5.26. The molecule has 0 aliphatic carbocycles. The molecule has 0 bridgehead atoms. The highest BCUT2D eigenvalue weighted by Crippen LogP contribution is 2.30.